The van der Waals surface area contributed by atoms with Crippen molar-refractivity contribution in [1.82, 2.24) is 16.0 Å². The molecule has 144 valence electrons. The average molecular weight is 408 g/mol. The largest absolute Gasteiger partial charge is 0.353 e. The smallest absolute Gasteiger partial charge is 0.262 e. The van der Waals surface area contributed by atoms with Gasteiger partial charge in [0.05, 0.1) is 4.88 Å². The van der Waals surface area contributed by atoms with Crippen molar-refractivity contribution in [2.45, 2.75) is 19.9 Å². The van der Waals surface area contributed by atoms with Crippen LogP contribution < -0.4 is 16.0 Å². The fourth-order valence-electron chi connectivity index (χ4n) is 2.33. The fraction of sp³-hybridized carbons (Fsp3) is 0.316. The third-order valence-corrected chi connectivity index (χ3v) is 4.92. The van der Waals surface area contributed by atoms with Crippen molar-refractivity contribution >= 4 is 40.7 Å². The van der Waals surface area contributed by atoms with Gasteiger partial charge in [0, 0.05) is 23.7 Å². The lowest BCUT2D eigenvalue weighted by molar-refractivity contribution is -0.123. The van der Waals surface area contributed by atoms with Crippen LogP contribution in [0, 0.1) is 5.92 Å². The van der Waals surface area contributed by atoms with Crippen LogP contribution in [0.25, 0.3) is 0 Å². The maximum atomic E-state index is 12.4. The molecule has 1 aromatic carbocycles. The molecule has 0 aliphatic heterocycles. The summed E-state index contributed by atoms with van der Waals surface area (Å²) < 4.78 is 0. The minimum absolute atomic E-state index is 0.0717. The van der Waals surface area contributed by atoms with Gasteiger partial charge >= 0.3 is 0 Å². The topological polar surface area (TPSA) is 87.3 Å². The highest BCUT2D eigenvalue weighted by molar-refractivity contribution is 7.12. The minimum atomic E-state index is -0.647. The Morgan fingerprint density at radius 3 is 2.26 bits per heavy atom. The Balaban J connectivity index is 1.79. The molecule has 3 N–H and O–H groups in total. The first-order chi connectivity index (χ1) is 12.9. The molecule has 1 heterocycles. The summed E-state index contributed by atoms with van der Waals surface area (Å²) in [6.07, 6.45) is 0. The molecule has 1 aromatic heterocycles. The summed E-state index contributed by atoms with van der Waals surface area (Å²) in [5, 5.41) is 10.6. The van der Waals surface area contributed by atoms with Gasteiger partial charge in [-0.2, -0.15) is 0 Å². The summed E-state index contributed by atoms with van der Waals surface area (Å²) in [5.74, 6) is -0.865. The highest BCUT2D eigenvalue weighted by atomic mass is 35.5. The first kappa shape index (κ1) is 20.9. The second-order valence-electron chi connectivity index (χ2n) is 6.23. The van der Waals surface area contributed by atoms with Gasteiger partial charge in [-0.15, -0.1) is 11.3 Å². The molecular formula is C19H22ClN3O3S. The Kier molecular flexibility index (Phi) is 7.82. The zero-order valence-electron chi connectivity index (χ0n) is 15.1. The van der Waals surface area contributed by atoms with Crippen molar-refractivity contribution in [3.05, 3.63) is 57.2 Å². The van der Waals surface area contributed by atoms with Gasteiger partial charge in [0.2, 0.25) is 5.91 Å². The monoisotopic (exact) mass is 407 g/mol. The number of carbonyl (C=O) groups is 3. The number of benzene rings is 1. The van der Waals surface area contributed by atoms with E-state index in [0.717, 1.165) is 0 Å². The van der Waals surface area contributed by atoms with Crippen molar-refractivity contribution in [1.29, 1.82) is 0 Å². The molecule has 0 bridgehead atoms. The van der Waals surface area contributed by atoms with E-state index in [0.29, 0.717) is 15.5 Å². The molecule has 6 nitrogen and oxygen atoms in total. The van der Waals surface area contributed by atoms with E-state index in [2.05, 4.69) is 16.0 Å². The van der Waals surface area contributed by atoms with Crippen LogP contribution >= 0.6 is 22.9 Å². The van der Waals surface area contributed by atoms with Crippen LogP contribution in [-0.2, 0) is 4.79 Å². The summed E-state index contributed by atoms with van der Waals surface area (Å²) in [6.45, 7) is 4.26. The van der Waals surface area contributed by atoms with E-state index >= 15 is 0 Å². The summed E-state index contributed by atoms with van der Waals surface area (Å²) >= 11 is 7.11. The van der Waals surface area contributed by atoms with Gasteiger partial charge in [0.1, 0.15) is 6.04 Å². The molecule has 0 aliphatic rings. The number of halogens is 1. The second-order valence-corrected chi connectivity index (χ2v) is 7.61. The highest BCUT2D eigenvalue weighted by Gasteiger charge is 2.24. The van der Waals surface area contributed by atoms with E-state index in [1.807, 2.05) is 19.2 Å². The van der Waals surface area contributed by atoms with Crippen LogP contribution in [-0.4, -0.2) is 36.9 Å². The van der Waals surface area contributed by atoms with Gasteiger partial charge in [-0.1, -0.05) is 31.5 Å². The first-order valence-corrected chi connectivity index (χ1v) is 9.80. The standard InChI is InChI=1S/C19H22ClN3O3S/c1-12(2)16(23-18(25)15-4-3-11-27-15)19(26)22-10-9-21-17(24)13-5-7-14(20)8-6-13/h3-8,11-12,16H,9-10H2,1-2H3,(H,21,24)(H,22,26)(H,23,25). The molecule has 0 aliphatic carbocycles. The van der Waals surface area contributed by atoms with Crippen LogP contribution in [0.2, 0.25) is 5.02 Å². The fourth-order valence-corrected chi connectivity index (χ4v) is 3.08. The number of amides is 3. The number of hydrogen-bond donors (Lipinski definition) is 3. The number of nitrogens with one attached hydrogen (secondary N) is 3. The average Bonchev–Trinajstić information content (AvgIpc) is 3.18. The zero-order chi connectivity index (χ0) is 19.8. The predicted molar refractivity (Wildman–Crippen MR) is 107 cm³/mol. The van der Waals surface area contributed by atoms with E-state index in [9.17, 15) is 14.4 Å². The first-order valence-electron chi connectivity index (χ1n) is 8.54. The summed E-state index contributed by atoms with van der Waals surface area (Å²) in [7, 11) is 0. The summed E-state index contributed by atoms with van der Waals surface area (Å²) in [6, 6.07) is 9.39. The molecular weight excluding hydrogens is 386 g/mol. The predicted octanol–water partition coefficient (Wildman–Crippen LogP) is 2.70. The zero-order valence-corrected chi connectivity index (χ0v) is 16.7. The molecule has 0 spiro atoms. The van der Waals surface area contributed by atoms with Crippen molar-refractivity contribution in [3.63, 3.8) is 0 Å². The number of carbonyl (C=O) groups excluding carboxylic acids is 3. The van der Waals surface area contributed by atoms with Crippen LogP contribution in [0.4, 0.5) is 0 Å². The molecule has 27 heavy (non-hydrogen) atoms. The van der Waals surface area contributed by atoms with Gasteiger partial charge in [-0.25, -0.2) is 0 Å². The Labute approximate surface area is 167 Å². The molecule has 0 saturated heterocycles. The van der Waals surface area contributed by atoms with E-state index < -0.39 is 6.04 Å². The van der Waals surface area contributed by atoms with Gasteiger partial charge in [-0.05, 0) is 41.6 Å². The Morgan fingerprint density at radius 2 is 1.67 bits per heavy atom. The van der Waals surface area contributed by atoms with Crippen LogP contribution in [0.1, 0.15) is 33.9 Å². The Bertz CT molecular complexity index is 776. The lowest BCUT2D eigenvalue weighted by Gasteiger charge is -2.21. The van der Waals surface area contributed by atoms with Crippen molar-refractivity contribution in [3.8, 4) is 0 Å². The van der Waals surface area contributed by atoms with Crippen molar-refractivity contribution < 1.29 is 14.4 Å². The lowest BCUT2D eigenvalue weighted by Crippen LogP contribution is -2.50. The van der Waals surface area contributed by atoms with Gasteiger partial charge < -0.3 is 16.0 Å². The molecule has 2 aromatic rings. The third kappa shape index (κ3) is 6.37. The highest BCUT2D eigenvalue weighted by Crippen LogP contribution is 2.11. The SMILES string of the molecule is CC(C)C(NC(=O)c1cccs1)C(=O)NCCNC(=O)c1ccc(Cl)cc1. The lowest BCUT2D eigenvalue weighted by atomic mass is 10.0. The minimum Gasteiger partial charge on any atom is -0.353 e. The molecule has 1 unspecified atom stereocenters. The van der Waals surface area contributed by atoms with E-state index in [4.69, 9.17) is 11.6 Å². The molecule has 2 rings (SSSR count). The molecule has 0 fully saturated rings. The molecule has 8 heteroatoms. The normalized spacial score (nSPS) is 11.7. The van der Waals surface area contributed by atoms with Crippen LogP contribution in [0.3, 0.4) is 0 Å². The molecule has 0 radical (unpaired) electrons. The quantitative estimate of drug-likeness (QED) is 0.588. The number of thiophene rings is 1. The van der Waals surface area contributed by atoms with Crippen LogP contribution in [0.5, 0.6) is 0 Å². The number of rotatable bonds is 8. The maximum Gasteiger partial charge on any atom is 0.262 e. The van der Waals surface area contributed by atoms with E-state index in [1.165, 1.54) is 11.3 Å². The van der Waals surface area contributed by atoms with Crippen molar-refractivity contribution in [2.75, 3.05) is 13.1 Å². The van der Waals surface area contributed by atoms with E-state index in [1.54, 1.807) is 36.4 Å². The van der Waals surface area contributed by atoms with Gasteiger partial charge in [-0.3, -0.25) is 14.4 Å². The van der Waals surface area contributed by atoms with E-state index in [-0.39, 0.29) is 36.7 Å². The van der Waals surface area contributed by atoms with Gasteiger partial charge in [0.15, 0.2) is 0 Å². The Hall–Kier alpha value is -2.38. The second kappa shape index (κ2) is 10.1. The summed E-state index contributed by atoms with van der Waals surface area (Å²) in [5.41, 5.74) is 0.494. The number of hydrogen-bond acceptors (Lipinski definition) is 4. The summed E-state index contributed by atoms with van der Waals surface area (Å²) in [4.78, 5) is 37.1. The van der Waals surface area contributed by atoms with Gasteiger partial charge in [0.25, 0.3) is 11.8 Å². The molecule has 1 atom stereocenters. The Morgan fingerprint density at radius 1 is 1.00 bits per heavy atom. The van der Waals surface area contributed by atoms with Crippen molar-refractivity contribution in [2.24, 2.45) is 5.92 Å². The van der Waals surface area contributed by atoms with Crippen LogP contribution in [0.15, 0.2) is 41.8 Å². The molecule has 0 saturated carbocycles. The third-order valence-electron chi connectivity index (χ3n) is 3.80. The maximum absolute atomic E-state index is 12.4. The molecule has 3 amide bonds.